The highest BCUT2D eigenvalue weighted by molar-refractivity contribution is 7.99. The lowest BCUT2D eigenvalue weighted by Gasteiger charge is -2.14. The summed E-state index contributed by atoms with van der Waals surface area (Å²) in [6, 6.07) is 15.1. The molecule has 0 aliphatic carbocycles. The Morgan fingerprint density at radius 2 is 1.91 bits per heavy atom. The minimum absolute atomic E-state index is 0.0763. The Labute approximate surface area is 143 Å². The van der Waals surface area contributed by atoms with Crippen molar-refractivity contribution in [3.63, 3.8) is 0 Å². The maximum Gasteiger partial charge on any atom is 0.266 e. The molecule has 116 valence electrons. The van der Waals surface area contributed by atoms with Crippen LogP contribution in [0.2, 0.25) is 0 Å². The maximum absolute atomic E-state index is 13.0. The largest absolute Gasteiger partial charge is 0.268 e. The Kier molecular flexibility index (Phi) is 4.55. The number of hydrogen-bond acceptors (Lipinski definition) is 3. The fraction of sp³-hybridized carbons (Fsp3) is 0.111. The minimum Gasteiger partial charge on any atom is -0.268 e. The molecule has 0 atom stereocenters. The van der Waals surface area contributed by atoms with Gasteiger partial charge in [0.05, 0.1) is 16.6 Å². The van der Waals surface area contributed by atoms with Gasteiger partial charge in [-0.25, -0.2) is 4.98 Å². The molecule has 0 N–H and O–H groups in total. The second-order valence-corrected chi connectivity index (χ2v) is 6.62. The van der Waals surface area contributed by atoms with Crippen molar-refractivity contribution in [1.82, 2.24) is 9.55 Å². The summed E-state index contributed by atoms with van der Waals surface area (Å²) >= 11 is 7.29. The number of benzene rings is 2. The molecule has 0 spiro atoms. The number of aromatic nitrogens is 2. The Hall–Kier alpha value is -2.04. The van der Waals surface area contributed by atoms with Crippen LogP contribution in [0, 0.1) is 6.92 Å². The zero-order valence-electron chi connectivity index (χ0n) is 12.6. The third kappa shape index (κ3) is 3.19. The molecule has 5 heteroatoms. The SMILES string of the molecule is C=C(Cl)CSc1nc2ccccc2c(=O)n1-c1ccccc1C. The van der Waals surface area contributed by atoms with E-state index in [1.165, 1.54) is 11.8 Å². The minimum atomic E-state index is -0.0763. The standard InChI is InChI=1S/C18H15ClN2OS/c1-12-7-3-6-10-16(12)21-17(22)14-8-4-5-9-15(14)20-18(21)23-11-13(2)19/h3-10H,2,11H2,1H3. The highest BCUT2D eigenvalue weighted by Gasteiger charge is 2.14. The highest BCUT2D eigenvalue weighted by Crippen LogP contribution is 2.24. The molecule has 0 amide bonds. The molecular formula is C18H15ClN2OS. The Balaban J connectivity index is 2.30. The Morgan fingerprint density at radius 3 is 2.65 bits per heavy atom. The number of thioether (sulfide) groups is 1. The van der Waals surface area contributed by atoms with Gasteiger partial charge in [0.1, 0.15) is 0 Å². The number of para-hydroxylation sites is 2. The molecule has 0 bridgehead atoms. The van der Waals surface area contributed by atoms with Crippen LogP contribution in [0.1, 0.15) is 5.56 Å². The van der Waals surface area contributed by atoms with Crippen molar-refractivity contribution in [2.45, 2.75) is 12.1 Å². The number of hydrogen-bond donors (Lipinski definition) is 0. The van der Waals surface area contributed by atoms with Crippen LogP contribution < -0.4 is 5.56 Å². The fourth-order valence-corrected chi connectivity index (χ4v) is 3.30. The third-order valence-corrected chi connectivity index (χ3v) is 4.78. The molecule has 0 fully saturated rings. The van der Waals surface area contributed by atoms with Crippen molar-refractivity contribution in [3.8, 4) is 5.69 Å². The first-order valence-electron chi connectivity index (χ1n) is 7.12. The second-order valence-electron chi connectivity index (χ2n) is 5.14. The molecule has 0 aliphatic rings. The van der Waals surface area contributed by atoms with E-state index in [-0.39, 0.29) is 5.56 Å². The summed E-state index contributed by atoms with van der Waals surface area (Å²) in [5.41, 5.74) is 2.45. The molecule has 1 heterocycles. The third-order valence-electron chi connectivity index (χ3n) is 3.46. The summed E-state index contributed by atoms with van der Waals surface area (Å²) in [4.78, 5) is 17.7. The van der Waals surface area contributed by atoms with E-state index >= 15 is 0 Å². The van der Waals surface area contributed by atoms with Gasteiger partial charge in [-0.3, -0.25) is 9.36 Å². The maximum atomic E-state index is 13.0. The van der Waals surface area contributed by atoms with Gasteiger partial charge in [-0.15, -0.1) is 0 Å². The summed E-state index contributed by atoms with van der Waals surface area (Å²) in [7, 11) is 0. The van der Waals surface area contributed by atoms with E-state index in [2.05, 4.69) is 11.6 Å². The smallest absolute Gasteiger partial charge is 0.266 e. The van der Waals surface area contributed by atoms with Crippen LogP contribution in [0.5, 0.6) is 0 Å². The molecule has 0 radical (unpaired) electrons. The molecule has 0 aliphatic heterocycles. The molecule has 0 saturated heterocycles. The van der Waals surface area contributed by atoms with Crippen LogP contribution in [0.25, 0.3) is 16.6 Å². The average molecular weight is 343 g/mol. The summed E-state index contributed by atoms with van der Waals surface area (Å²) < 4.78 is 1.65. The molecule has 0 saturated carbocycles. The number of rotatable bonds is 4. The molecule has 23 heavy (non-hydrogen) atoms. The van der Waals surface area contributed by atoms with Gasteiger partial charge in [-0.05, 0) is 30.7 Å². The first-order valence-corrected chi connectivity index (χ1v) is 8.48. The van der Waals surface area contributed by atoms with Gasteiger partial charge < -0.3 is 0 Å². The van der Waals surface area contributed by atoms with Crippen LogP contribution in [0.3, 0.4) is 0 Å². The summed E-state index contributed by atoms with van der Waals surface area (Å²) in [6.07, 6.45) is 0. The zero-order valence-corrected chi connectivity index (χ0v) is 14.2. The first kappa shape index (κ1) is 15.8. The van der Waals surface area contributed by atoms with Gasteiger partial charge in [0.25, 0.3) is 5.56 Å². The van der Waals surface area contributed by atoms with E-state index in [9.17, 15) is 4.79 Å². The Morgan fingerprint density at radius 1 is 1.22 bits per heavy atom. The van der Waals surface area contributed by atoms with Gasteiger partial charge in [0, 0.05) is 10.8 Å². The van der Waals surface area contributed by atoms with E-state index in [1.54, 1.807) is 10.6 Å². The Bertz CT molecular complexity index is 949. The monoisotopic (exact) mass is 342 g/mol. The van der Waals surface area contributed by atoms with Crippen molar-refractivity contribution in [1.29, 1.82) is 0 Å². The van der Waals surface area contributed by atoms with E-state index in [0.29, 0.717) is 26.8 Å². The lowest BCUT2D eigenvalue weighted by molar-refractivity contribution is 0.815. The number of aryl methyl sites for hydroxylation is 1. The van der Waals surface area contributed by atoms with E-state index in [4.69, 9.17) is 11.6 Å². The van der Waals surface area contributed by atoms with Gasteiger partial charge in [0.15, 0.2) is 5.16 Å². The number of fused-ring (bicyclic) bond motifs is 1. The molecule has 3 nitrogen and oxygen atoms in total. The first-order chi connectivity index (χ1) is 11.1. The lowest BCUT2D eigenvalue weighted by atomic mass is 10.2. The topological polar surface area (TPSA) is 34.9 Å². The van der Waals surface area contributed by atoms with E-state index in [0.717, 1.165) is 11.3 Å². The summed E-state index contributed by atoms with van der Waals surface area (Å²) in [6.45, 7) is 5.68. The van der Waals surface area contributed by atoms with Crippen LogP contribution in [-0.4, -0.2) is 15.3 Å². The average Bonchev–Trinajstić information content (AvgIpc) is 2.54. The molecule has 1 aromatic heterocycles. The van der Waals surface area contributed by atoms with Crippen molar-refractivity contribution < 1.29 is 0 Å². The van der Waals surface area contributed by atoms with Gasteiger partial charge >= 0.3 is 0 Å². The van der Waals surface area contributed by atoms with Crippen molar-refractivity contribution in [3.05, 3.63) is 76.1 Å². The normalized spacial score (nSPS) is 10.9. The zero-order chi connectivity index (χ0) is 16.4. The number of nitrogens with zero attached hydrogens (tertiary/aromatic N) is 2. The lowest BCUT2D eigenvalue weighted by Crippen LogP contribution is -2.22. The van der Waals surface area contributed by atoms with Gasteiger partial charge in [0.2, 0.25) is 0 Å². The van der Waals surface area contributed by atoms with Crippen molar-refractivity contribution >= 4 is 34.3 Å². The van der Waals surface area contributed by atoms with Crippen molar-refractivity contribution in [2.24, 2.45) is 0 Å². The summed E-state index contributed by atoms with van der Waals surface area (Å²) in [5, 5.41) is 1.74. The number of halogens is 1. The molecular weight excluding hydrogens is 328 g/mol. The molecule has 0 unspecified atom stereocenters. The second kappa shape index (κ2) is 6.60. The molecule has 2 aromatic carbocycles. The van der Waals surface area contributed by atoms with E-state index < -0.39 is 0 Å². The van der Waals surface area contributed by atoms with Crippen LogP contribution in [0.15, 0.2) is 70.1 Å². The van der Waals surface area contributed by atoms with Gasteiger partial charge in [-0.2, -0.15) is 0 Å². The van der Waals surface area contributed by atoms with Crippen molar-refractivity contribution in [2.75, 3.05) is 5.75 Å². The predicted octanol–water partition coefficient (Wildman–Crippen LogP) is 4.54. The quantitative estimate of drug-likeness (QED) is 0.515. The van der Waals surface area contributed by atoms with Crippen LogP contribution in [0.4, 0.5) is 0 Å². The highest BCUT2D eigenvalue weighted by atomic mass is 35.5. The van der Waals surface area contributed by atoms with Crippen LogP contribution in [-0.2, 0) is 0 Å². The van der Waals surface area contributed by atoms with Gasteiger partial charge in [-0.1, -0.05) is 60.3 Å². The predicted molar refractivity (Wildman–Crippen MR) is 97.8 cm³/mol. The molecule has 3 rings (SSSR count). The molecule has 3 aromatic rings. The van der Waals surface area contributed by atoms with E-state index in [1.807, 2.05) is 49.4 Å². The summed E-state index contributed by atoms with van der Waals surface area (Å²) in [5.74, 6) is 0.498. The van der Waals surface area contributed by atoms with Crippen LogP contribution >= 0.6 is 23.4 Å². The fourth-order valence-electron chi connectivity index (χ4n) is 2.38.